The average Bonchev–Trinajstić information content (AvgIpc) is 2.30. The van der Waals surface area contributed by atoms with Gasteiger partial charge in [0.1, 0.15) is 11.9 Å². The predicted octanol–water partition coefficient (Wildman–Crippen LogP) is 1.89. The van der Waals surface area contributed by atoms with Gasteiger partial charge in [0, 0.05) is 18.8 Å². The molecule has 1 heterocycles. The van der Waals surface area contributed by atoms with E-state index < -0.39 is 6.10 Å². The highest BCUT2D eigenvalue weighted by molar-refractivity contribution is 5.18. The van der Waals surface area contributed by atoms with Crippen LogP contribution in [0.4, 0.5) is 4.39 Å². The van der Waals surface area contributed by atoms with Crippen molar-refractivity contribution in [3.05, 3.63) is 59.9 Å². The molecule has 0 saturated heterocycles. The summed E-state index contributed by atoms with van der Waals surface area (Å²) in [6.07, 6.45) is 4.14. The van der Waals surface area contributed by atoms with Crippen LogP contribution in [0.2, 0.25) is 0 Å². The van der Waals surface area contributed by atoms with Crippen LogP contribution in [0.25, 0.3) is 0 Å². The molecule has 0 aliphatic carbocycles. The summed E-state index contributed by atoms with van der Waals surface area (Å²) in [7, 11) is 0. The Bertz CT molecular complexity index is 462. The molecule has 2 rings (SSSR count). The van der Waals surface area contributed by atoms with Crippen LogP contribution in [0.5, 0.6) is 0 Å². The smallest absolute Gasteiger partial charge is 0.123 e. The second-order valence-electron chi connectivity index (χ2n) is 3.48. The fraction of sp³-hybridized carbons (Fsp3) is 0.167. The molecular weight excluding hydrogens is 207 g/mol. The molecule has 0 radical (unpaired) electrons. The minimum absolute atomic E-state index is 0.302. The fourth-order valence-corrected chi connectivity index (χ4v) is 1.47. The van der Waals surface area contributed by atoms with Crippen LogP contribution in [0, 0.1) is 5.82 Å². The van der Waals surface area contributed by atoms with Crippen LogP contribution in [0.15, 0.2) is 42.9 Å². The Hall–Kier alpha value is -1.81. The van der Waals surface area contributed by atoms with Gasteiger partial charge in [-0.15, -0.1) is 0 Å². The van der Waals surface area contributed by atoms with Crippen molar-refractivity contribution in [3.63, 3.8) is 0 Å². The Morgan fingerprint density at radius 1 is 1.31 bits per heavy atom. The second-order valence-corrected chi connectivity index (χ2v) is 3.48. The van der Waals surface area contributed by atoms with Crippen molar-refractivity contribution < 1.29 is 9.50 Å². The van der Waals surface area contributed by atoms with Crippen molar-refractivity contribution in [2.75, 3.05) is 0 Å². The van der Waals surface area contributed by atoms with Crippen molar-refractivity contribution in [2.24, 2.45) is 0 Å². The van der Waals surface area contributed by atoms with Gasteiger partial charge in [-0.3, -0.25) is 9.97 Å². The lowest BCUT2D eigenvalue weighted by molar-refractivity contribution is 0.173. The third-order valence-corrected chi connectivity index (χ3v) is 2.24. The number of hydrogen-bond donors (Lipinski definition) is 1. The summed E-state index contributed by atoms with van der Waals surface area (Å²) in [5, 5.41) is 9.84. The number of halogens is 1. The van der Waals surface area contributed by atoms with Crippen LogP contribution < -0.4 is 0 Å². The third kappa shape index (κ3) is 2.61. The maximum Gasteiger partial charge on any atom is 0.123 e. The first kappa shape index (κ1) is 10.7. The van der Waals surface area contributed by atoms with Gasteiger partial charge in [-0.2, -0.15) is 0 Å². The molecule has 1 aromatic heterocycles. The molecule has 0 aliphatic heterocycles. The molecule has 0 fully saturated rings. The van der Waals surface area contributed by atoms with Gasteiger partial charge in [0.2, 0.25) is 0 Å². The van der Waals surface area contributed by atoms with E-state index in [9.17, 15) is 9.50 Å². The van der Waals surface area contributed by atoms with E-state index >= 15 is 0 Å². The minimum atomic E-state index is -0.754. The molecule has 82 valence electrons. The zero-order valence-electron chi connectivity index (χ0n) is 8.55. The van der Waals surface area contributed by atoms with E-state index in [1.165, 1.54) is 24.5 Å². The first-order valence-electron chi connectivity index (χ1n) is 4.94. The molecule has 4 heteroatoms. The highest BCUT2D eigenvalue weighted by atomic mass is 19.1. The number of aliphatic hydroxyl groups is 1. The van der Waals surface area contributed by atoms with Crippen molar-refractivity contribution in [1.82, 2.24) is 9.97 Å². The van der Waals surface area contributed by atoms with E-state index in [1.807, 2.05) is 0 Å². The van der Waals surface area contributed by atoms with Crippen molar-refractivity contribution >= 4 is 0 Å². The van der Waals surface area contributed by atoms with Crippen LogP contribution in [-0.4, -0.2) is 15.1 Å². The summed E-state index contributed by atoms with van der Waals surface area (Å²) in [4.78, 5) is 7.86. The first-order chi connectivity index (χ1) is 7.75. The molecule has 1 atom stereocenters. The van der Waals surface area contributed by atoms with Crippen LogP contribution >= 0.6 is 0 Å². The molecule has 1 unspecified atom stereocenters. The van der Waals surface area contributed by atoms with Gasteiger partial charge in [0.15, 0.2) is 0 Å². The van der Waals surface area contributed by atoms with Crippen molar-refractivity contribution in [3.8, 4) is 0 Å². The van der Waals surface area contributed by atoms with Gasteiger partial charge in [0.05, 0.1) is 11.9 Å². The Morgan fingerprint density at radius 3 is 2.88 bits per heavy atom. The van der Waals surface area contributed by atoms with E-state index in [2.05, 4.69) is 9.97 Å². The fourth-order valence-electron chi connectivity index (χ4n) is 1.47. The van der Waals surface area contributed by atoms with Crippen molar-refractivity contribution in [1.29, 1.82) is 0 Å². The summed E-state index contributed by atoms with van der Waals surface area (Å²) < 4.78 is 12.9. The van der Waals surface area contributed by atoms with Gasteiger partial charge >= 0.3 is 0 Å². The number of aromatic nitrogens is 2. The molecule has 2 aromatic rings. The topological polar surface area (TPSA) is 46.0 Å². The molecule has 1 aromatic carbocycles. The molecule has 3 nitrogen and oxygen atoms in total. The number of rotatable bonds is 3. The van der Waals surface area contributed by atoms with Gasteiger partial charge in [0.25, 0.3) is 0 Å². The third-order valence-electron chi connectivity index (χ3n) is 2.24. The zero-order chi connectivity index (χ0) is 11.4. The predicted molar refractivity (Wildman–Crippen MR) is 57.1 cm³/mol. The molecule has 0 aliphatic rings. The molecule has 16 heavy (non-hydrogen) atoms. The van der Waals surface area contributed by atoms with Gasteiger partial charge < -0.3 is 5.11 Å². The van der Waals surface area contributed by atoms with E-state index in [0.717, 1.165) is 5.56 Å². The Kier molecular flexibility index (Phi) is 3.22. The first-order valence-corrected chi connectivity index (χ1v) is 4.94. The lowest BCUT2D eigenvalue weighted by atomic mass is 10.1. The lowest BCUT2D eigenvalue weighted by Crippen LogP contribution is -2.04. The Balaban J connectivity index is 2.11. The van der Waals surface area contributed by atoms with E-state index in [4.69, 9.17) is 0 Å². The number of aliphatic hydroxyl groups excluding tert-OH is 1. The molecule has 0 amide bonds. The minimum Gasteiger partial charge on any atom is -0.386 e. The van der Waals surface area contributed by atoms with E-state index in [-0.39, 0.29) is 5.82 Å². The standard InChI is InChI=1S/C12H11FN2O/c13-10-3-1-2-9(6-10)7-12(16)11-8-14-4-5-15-11/h1-6,8,12,16H,7H2. The normalized spacial score (nSPS) is 12.4. The quantitative estimate of drug-likeness (QED) is 0.855. The van der Waals surface area contributed by atoms with Gasteiger partial charge in [-0.05, 0) is 17.7 Å². The van der Waals surface area contributed by atoms with E-state index in [1.54, 1.807) is 18.3 Å². The summed E-state index contributed by atoms with van der Waals surface area (Å²) in [5.74, 6) is -0.302. The lowest BCUT2D eigenvalue weighted by Gasteiger charge is -2.09. The van der Waals surface area contributed by atoms with Crippen LogP contribution in [0.1, 0.15) is 17.4 Å². The van der Waals surface area contributed by atoms with Crippen LogP contribution in [-0.2, 0) is 6.42 Å². The summed E-state index contributed by atoms with van der Waals surface area (Å²) in [6.45, 7) is 0. The molecule has 0 spiro atoms. The Labute approximate surface area is 92.6 Å². The van der Waals surface area contributed by atoms with E-state index in [0.29, 0.717) is 12.1 Å². The highest BCUT2D eigenvalue weighted by Gasteiger charge is 2.10. The van der Waals surface area contributed by atoms with Gasteiger partial charge in [-0.1, -0.05) is 12.1 Å². The zero-order valence-corrected chi connectivity index (χ0v) is 8.55. The maximum atomic E-state index is 12.9. The van der Waals surface area contributed by atoms with Crippen LogP contribution in [0.3, 0.4) is 0 Å². The number of hydrogen-bond acceptors (Lipinski definition) is 3. The highest BCUT2D eigenvalue weighted by Crippen LogP contribution is 2.15. The largest absolute Gasteiger partial charge is 0.386 e. The SMILES string of the molecule is OC(Cc1cccc(F)c1)c1cnccn1. The second kappa shape index (κ2) is 4.81. The number of benzene rings is 1. The molecule has 0 saturated carbocycles. The summed E-state index contributed by atoms with van der Waals surface area (Å²) in [6, 6.07) is 6.16. The molecular formula is C12H11FN2O. The molecule has 1 N–H and O–H groups in total. The average molecular weight is 218 g/mol. The maximum absolute atomic E-state index is 12.9. The molecule has 0 bridgehead atoms. The summed E-state index contributed by atoms with van der Waals surface area (Å²) >= 11 is 0. The summed E-state index contributed by atoms with van der Waals surface area (Å²) in [5.41, 5.74) is 1.23. The van der Waals surface area contributed by atoms with Crippen molar-refractivity contribution in [2.45, 2.75) is 12.5 Å². The number of nitrogens with zero attached hydrogens (tertiary/aromatic N) is 2. The monoisotopic (exact) mass is 218 g/mol. The van der Waals surface area contributed by atoms with Gasteiger partial charge in [-0.25, -0.2) is 4.39 Å². The Morgan fingerprint density at radius 2 is 2.19 bits per heavy atom.